The van der Waals surface area contributed by atoms with Crippen LogP contribution in [0.1, 0.15) is 20.8 Å². The van der Waals surface area contributed by atoms with Crippen molar-refractivity contribution in [1.82, 2.24) is 0 Å². The van der Waals surface area contributed by atoms with Crippen LogP contribution >= 0.6 is 23.2 Å². The molecule has 4 heteroatoms. The Morgan fingerprint density at radius 3 is 2.41 bits per heavy atom. The third-order valence-corrected chi connectivity index (χ3v) is 2.95. The lowest BCUT2D eigenvalue weighted by atomic mass is 10.1. The van der Waals surface area contributed by atoms with Crippen LogP contribution in [0.4, 0.5) is 5.69 Å². The van der Waals surface area contributed by atoms with Crippen molar-refractivity contribution in [3.05, 3.63) is 40.5 Å². The monoisotopic (exact) mass is 271 g/mol. The maximum absolute atomic E-state index is 12.0. The molecule has 0 radical (unpaired) electrons. The molecule has 0 unspecified atom stereocenters. The first kappa shape index (κ1) is 14.1. The first-order valence-electron chi connectivity index (χ1n) is 5.38. The molecule has 17 heavy (non-hydrogen) atoms. The molecule has 0 saturated heterocycles. The molecule has 92 valence electrons. The van der Waals surface area contributed by atoms with Crippen LogP contribution in [0.15, 0.2) is 30.5 Å². The Kier molecular flexibility index (Phi) is 5.03. The van der Waals surface area contributed by atoms with Gasteiger partial charge in [0.2, 0.25) is 5.91 Å². The van der Waals surface area contributed by atoms with Gasteiger partial charge in [-0.2, -0.15) is 0 Å². The van der Waals surface area contributed by atoms with Crippen LogP contribution in [-0.4, -0.2) is 5.91 Å². The van der Waals surface area contributed by atoms with Gasteiger partial charge in [0.15, 0.2) is 0 Å². The quantitative estimate of drug-likeness (QED) is 0.792. The van der Waals surface area contributed by atoms with Crippen molar-refractivity contribution in [2.45, 2.75) is 20.8 Å². The first-order valence-corrected chi connectivity index (χ1v) is 6.14. The number of hydrogen-bond acceptors (Lipinski definition) is 1. The number of nitrogens with zero attached hydrogens (tertiary/aromatic N) is 1. The first-order chi connectivity index (χ1) is 7.97. The Labute approximate surface area is 112 Å². The number of amides is 1. The minimum atomic E-state index is -0.0827. The van der Waals surface area contributed by atoms with E-state index in [1.165, 1.54) is 0 Å². The smallest absolute Gasteiger partial charge is 0.233 e. The molecule has 0 saturated carbocycles. The van der Waals surface area contributed by atoms with Gasteiger partial charge in [-0.05, 0) is 25.1 Å². The third kappa shape index (κ3) is 3.48. The van der Waals surface area contributed by atoms with Crippen LogP contribution < -0.4 is 4.90 Å². The van der Waals surface area contributed by atoms with Crippen molar-refractivity contribution in [1.29, 1.82) is 0 Å². The highest BCUT2D eigenvalue weighted by Crippen LogP contribution is 2.28. The molecule has 0 aliphatic carbocycles. The second-order valence-corrected chi connectivity index (χ2v) is 4.76. The lowest BCUT2D eigenvalue weighted by molar-refractivity contribution is -0.120. The molecule has 2 nitrogen and oxygen atoms in total. The largest absolute Gasteiger partial charge is 0.288 e. The van der Waals surface area contributed by atoms with Crippen LogP contribution in [-0.2, 0) is 4.79 Å². The van der Waals surface area contributed by atoms with Gasteiger partial charge in [0.05, 0.1) is 10.0 Å². The van der Waals surface area contributed by atoms with Crippen molar-refractivity contribution in [2.24, 2.45) is 5.92 Å². The Hall–Kier alpha value is -0.990. The summed E-state index contributed by atoms with van der Waals surface area (Å²) in [6, 6.07) is 5.14. The van der Waals surface area contributed by atoms with Crippen LogP contribution in [0.3, 0.4) is 0 Å². The summed E-state index contributed by atoms with van der Waals surface area (Å²) in [5.74, 6) is -0.0675. The van der Waals surface area contributed by atoms with E-state index in [1.807, 2.05) is 26.8 Å². The van der Waals surface area contributed by atoms with E-state index in [0.717, 1.165) is 5.69 Å². The summed E-state index contributed by atoms with van der Waals surface area (Å²) in [7, 11) is 0. The standard InChI is InChI=1S/C13H15Cl2NO/c1-4-7-16(13(17)9(2)3)10-5-6-11(14)12(15)8-10/h4-9H,1-3H3/b7-4-. The van der Waals surface area contributed by atoms with Crippen molar-refractivity contribution < 1.29 is 4.79 Å². The van der Waals surface area contributed by atoms with E-state index in [-0.39, 0.29) is 11.8 Å². The second-order valence-electron chi connectivity index (χ2n) is 3.94. The van der Waals surface area contributed by atoms with Crippen LogP contribution in [0.25, 0.3) is 0 Å². The highest BCUT2D eigenvalue weighted by atomic mass is 35.5. The fraction of sp³-hybridized carbons (Fsp3) is 0.308. The number of allylic oxidation sites excluding steroid dienone is 1. The van der Waals surface area contributed by atoms with Crippen molar-refractivity contribution in [3.63, 3.8) is 0 Å². The van der Waals surface area contributed by atoms with Crippen molar-refractivity contribution >= 4 is 34.8 Å². The summed E-state index contributed by atoms with van der Waals surface area (Å²) in [5.41, 5.74) is 0.719. The summed E-state index contributed by atoms with van der Waals surface area (Å²) in [4.78, 5) is 13.6. The third-order valence-electron chi connectivity index (χ3n) is 2.21. The molecule has 0 aliphatic heterocycles. The molecular formula is C13H15Cl2NO. The van der Waals surface area contributed by atoms with Gasteiger partial charge in [-0.3, -0.25) is 9.69 Å². The van der Waals surface area contributed by atoms with E-state index < -0.39 is 0 Å². The fourth-order valence-electron chi connectivity index (χ4n) is 1.35. The Balaban J connectivity index is 3.14. The summed E-state index contributed by atoms with van der Waals surface area (Å²) in [6.07, 6.45) is 3.53. The Bertz CT molecular complexity index is 441. The average molecular weight is 272 g/mol. The lowest BCUT2D eigenvalue weighted by Gasteiger charge is -2.21. The molecule has 1 amide bonds. The Morgan fingerprint density at radius 1 is 1.29 bits per heavy atom. The molecule has 0 spiro atoms. The molecule has 0 N–H and O–H groups in total. The van der Waals surface area contributed by atoms with Gasteiger partial charge in [0.25, 0.3) is 0 Å². The molecule has 0 aromatic heterocycles. The molecule has 0 heterocycles. The normalized spacial score (nSPS) is 11.2. The molecule has 1 aromatic carbocycles. The number of halogens is 2. The van der Waals surface area contributed by atoms with Gasteiger partial charge >= 0.3 is 0 Å². The van der Waals surface area contributed by atoms with E-state index in [0.29, 0.717) is 10.0 Å². The predicted octanol–water partition coefficient (Wildman–Crippen LogP) is 4.52. The van der Waals surface area contributed by atoms with Gasteiger partial charge in [0.1, 0.15) is 0 Å². The van der Waals surface area contributed by atoms with Crippen molar-refractivity contribution in [3.8, 4) is 0 Å². The molecule has 0 bridgehead atoms. The zero-order valence-electron chi connectivity index (χ0n) is 10.1. The highest BCUT2D eigenvalue weighted by molar-refractivity contribution is 6.42. The van der Waals surface area contributed by atoms with Gasteiger partial charge in [-0.25, -0.2) is 0 Å². The number of carbonyl (C=O) groups excluding carboxylic acids is 1. The number of anilines is 1. The minimum absolute atomic E-state index is 0.0153. The molecule has 0 atom stereocenters. The van der Waals surface area contributed by atoms with E-state index in [4.69, 9.17) is 23.2 Å². The van der Waals surface area contributed by atoms with Gasteiger partial charge in [0, 0.05) is 17.8 Å². The van der Waals surface area contributed by atoms with E-state index in [9.17, 15) is 4.79 Å². The molecule has 1 aromatic rings. The summed E-state index contributed by atoms with van der Waals surface area (Å²) >= 11 is 11.8. The molecule has 1 rings (SSSR count). The summed E-state index contributed by atoms with van der Waals surface area (Å²) in [6.45, 7) is 5.57. The zero-order valence-corrected chi connectivity index (χ0v) is 11.6. The zero-order chi connectivity index (χ0) is 13.0. The molecule has 0 aliphatic rings. The van der Waals surface area contributed by atoms with Crippen LogP contribution in [0.2, 0.25) is 10.0 Å². The van der Waals surface area contributed by atoms with Crippen LogP contribution in [0.5, 0.6) is 0 Å². The van der Waals surface area contributed by atoms with Crippen molar-refractivity contribution in [2.75, 3.05) is 4.90 Å². The summed E-state index contributed by atoms with van der Waals surface area (Å²) in [5, 5.41) is 0.920. The van der Waals surface area contributed by atoms with Gasteiger partial charge in [-0.15, -0.1) is 0 Å². The van der Waals surface area contributed by atoms with E-state index >= 15 is 0 Å². The highest BCUT2D eigenvalue weighted by Gasteiger charge is 2.17. The maximum Gasteiger partial charge on any atom is 0.233 e. The SMILES string of the molecule is C/C=C\N(C(=O)C(C)C)c1ccc(Cl)c(Cl)c1. The fourth-order valence-corrected chi connectivity index (χ4v) is 1.64. The number of carbonyl (C=O) groups is 1. The van der Waals surface area contributed by atoms with Gasteiger partial charge in [-0.1, -0.05) is 43.1 Å². The Morgan fingerprint density at radius 2 is 1.94 bits per heavy atom. The second kappa shape index (κ2) is 6.08. The predicted molar refractivity (Wildman–Crippen MR) is 73.6 cm³/mol. The lowest BCUT2D eigenvalue weighted by Crippen LogP contribution is -2.29. The van der Waals surface area contributed by atoms with E-state index in [1.54, 1.807) is 29.3 Å². The topological polar surface area (TPSA) is 20.3 Å². The maximum atomic E-state index is 12.0. The summed E-state index contributed by atoms with van der Waals surface area (Å²) < 4.78 is 0. The minimum Gasteiger partial charge on any atom is -0.288 e. The molecule has 0 fully saturated rings. The molecular weight excluding hydrogens is 257 g/mol. The van der Waals surface area contributed by atoms with Gasteiger partial charge < -0.3 is 0 Å². The van der Waals surface area contributed by atoms with Crippen LogP contribution in [0, 0.1) is 5.92 Å². The number of benzene rings is 1. The number of rotatable bonds is 3. The van der Waals surface area contributed by atoms with E-state index in [2.05, 4.69) is 0 Å². The number of hydrogen-bond donors (Lipinski definition) is 0. The average Bonchev–Trinajstić information content (AvgIpc) is 2.29.